The lowest BCUT2D eigenvalue weighted by Crippen LogP contribution is -1.94. The highest BCUT2D eigenvalue weighted by Crippen LogP contribution is 2.24. The minimum Gasteiger partial charge on any atom is -0.489 e. The summed E-state index contributed by atoms with van der Waals surface area (Å²) in [6, 6.07) is 13.7. The number of aryl methyl sites for hydroxylation is 1. The Morgan fingerprint density at radius 2 is 2.05 bits per heavy atom. The Morgan fingerprint density at radius 3 is 2.89 bits per heavy atom. The van der Waals surface area contributed by atoms with Gasteiger partial charge in [0.05, 0.1) is 6.26 Å². The van der Waals surface area contributed by atoms with Gasteiger partial charge in [0.25, 0.3) is 0 Å². The van der Waals surface area contributed by atoms with Crippen molar-refractivity contribution in [3.8, 4) is 5.75 Å². The first-order valence-electron chi connectivity index (χ1n) is 6.17. The fourth-order valence-electron chi connectivity index (χ4n) is 2.08. The largest absolute Gasteiger partial charge is 0.489 e. The number of benzene rings is 2. The van der Waals surface area contributed by atoms with Crippen LogP contribution >= 0.6 is 0 Å². The Kier molecular flexibility index (Phi) is 2.88. The molecule has 0 unspecified atom stereocenters. The second kappa shape index (κ2) is 4.69. The Hall–Kier alpha value is -2.42. The van der Waals surface area contributed by atoms with Crippen LogP contribution in [0.5, 0.6) is 5.75 Å². The van der Waals surface area contributed by atoms with E-state index in [-0.39, 0.29) is 0 Å². The van der Waals surface area contributed by atoms with Crippen molar-refractivity contribution in [3.05, 3.63) is 59.9 Å². The lowest BCUT2D eigenvalue weighted by molar-refractivity contribution is 0.306. The molecule has 3 nitrogen and oxygen atoms in total. The van der Waals surface area contributed by atoms with Crippen molar-refractivity contribution < 1.29 is 9.15 Å². The molecule has 2 N–H and O–H groups in total. The average Bonchev–Trinajstić information content (AvgIpc) is 2.78. The van der Waals surface area contributed by atoms with Crippen molar-refractivity contribution in [2.45, 2.75) is 13.5 Å². The van der Waals surface area contributed by atoms with Crippen LogP contribution in [-0.2, 0) is 6.61 Å². The van der Waals surface area contributed by atoms with Gasteiger partial charge in [0, 0.05) is 22.7 Å². The van der Waals surface area contributed by atoms with Crippen LogP contribution in [0.15, 0.2) is 53.1 Å². The average molecular weight is 253 g/mol. The standard InChI is InChI=1S/C16H15NO2/c1-11-3-2-4-14(7-11)18-9-12-10-19-16-8-13(17)5-6-15(12)16/h2-8,10H,9,17H2,1H3. The van der Waals surface area contributed by atoms with Crippen molar-refractivity contribution in [3.63, 3.8) is 0 Å². The number of anilines is 1. The molecule has 0 amide bonds. The Bertz CT molecular complexity index is 716. The van der Waals surface area contributed by atoms with Gasteiger partial charge in [0.2, 0.25) is 0 Å². The summed E-state index contributed by atoms with van der Waals surface area (Å²) in [5.74, 6) is 0.866. The van der Waals surface area contributed by atoms with E-state index >= 15 is 0 Å². The van der Waals surface area contributed by atoms with E-state index < -0.39 is 0 Å². The van der Waals surface area contributed by atoms with E-state index in [4.69, 9.17) is 14.9 Å². The molecule has 2 aromatic carbocycles. The molecule has 0 radical (unpaired) electrons. The van der Waals surface area contributed by atoms with Gasteiger partial charge in [-0.2, -0.15) is 0 Å². The molecule has 3 aromatic rings. The number of nitrogens with two attached hydrogens (primary N) is 1. The van der Waals surface area contributed by atoms with Gasteiger partial charge in [-0.05, 0) is 36.8 Å². The van der Waals surface area contributed by atoms with Gasteiger partial charge in [0.15, 0.2) is 0 Å². The number of nitrogen functional groups attached to an aromatic ring is 1. The maximum Gasteiger partial charge on any atom is 0.136 e. The summed E-state index contributed by atoms with van der Waals surface area (Å²) in [5, 5.41) is 1.04. The molecule has 0 fully saturated rings. The predicted molar refractivity (Wildman–Crippen MR) is 76.1 cm³/mol. The molecular weight excluding hydrogens is 238 g/mol. The van der Waals surface area contributed by atoms with Crippen LogP contribution < -0.4 is 10.5 Å². The third-order valence-corrected chi connectivity index (χ3v) is 3.06. The van der Waals surface area contributed by atoms with E-state index in [1.54, 1.807) is 6.26 Å². The molecule has 3 heteroatoms. The fraction of sp³-hybridized carbons (Fsp3) is 0.125. The van der Waals surface area contributed by atoms with Crippen molar-refractivity contribution >= 4 is 16.7 Å². The third-order valence-electron chi connectivity index (χ3n) is 3.06. The molecule has 1 aromatic heterocycles. The predicted octanol–water partition coefficient (Wildman–Crippen LogP) is 3.90. The molecule has 3 rings (SSSR count). The zero-order valence-corrected chi connectivity index (χ0v) is 10.7. The number of hydrogen-bond acceptors (Lipinski definition) is 3. The van der Waals surface area contributed by atoms with Crippen LogP contribution in [0.1, 0.15) is 11.1 Å². The summed E-state index contributed by atoms with van der Waals surface area (Å²) in [7, 11) is 0. The summed E-state index contributed by atoms with van der Waals surface area (Å²) in [4.78, 5) is 0. The number of hydrogen-bond donors (Lipinski definition) is 1. The maximum atomic E-state index is 5.78. The van der Waals surface area contributed by atoms with Crippen LogP contribution in [0.3, 0.4) is 0 Å². The smallest absolute Gasteiger partial charge is 0.136 e. The van der Waals surface area contributed by atoms with Crippen molar-refractivity contribution in [1.29, 1.82) is 0 Å². The highest BCUT2D eigenvalue weighted by molar-refractivity contribution is 5.83. The minimum atomic E-state index is 0.486. The first-order chi connectivity index (χ1) is 9.22. The summed E-state index contributed by atoms with van der Waals surface area (Å²) in [5.41, 5.74) is 9.43. The summed E-state index contributed by atoms with van der Waals surface area (Å²) >= 11 is 0. The summed E-state index contributed by atoms with van der Waals surface area (Å²) < 4.78 is 11.3. The second-order valence-corrected chi connectivity index (χ2v) is 4.62. The van der Waals surface area contributed by atoms with Gasteiger partial charge in [-0.25, -0.2) is 0 Å². The summed E-state index contributed by atoms with van der Waals surface area (Å²) in [6.07, 6.45) is 1.72. The molecule has 0 spiro atoms. The number of furan rings is 1. The Labute approximate surface area is 111 Å². The van der Waals surface area contributed by atoms with Gasteiger partial charge in [-0.3, -0.25) is 0 Å². The van der Waals surface area contributed by atoms with E-state index in [2.05, 4.69) is 0 Å². The molecule has 0 atom stereocenters. The molecule has 0 saturated carbocycles. The van der Waals surface area contributed by atoms with Crippen molar-refractivity contribution in [1.82, 2.24) is 0 Å². The van der Waals surface area contributed by atoms with Gasteiger partial charge in [-0.15, -0.1) is 0 Å². The van der Waals surface area contributed by atoms with Crippen LogP contribution in [0.4, 0.5) is 5.69 Å². The van der Waals surface area contributed by atoms with Gasteiger partial charge >= 0.3 is 0 Å². The van der Waals surface area contributed by atoms with E-state index in [0.717, 1.165) is 22.3 Å². The molecule has 0 aliphatic carbocycles. The van der Waals surface area contributed by atoms with Gasteiger partial charge in [0.1, 0.15) is 17.9 Å². The monoisotopic (exact) mass is 253 g/mol. The van der Waals surface area contributed by atoms with Crippen LogP contribution in [0, 0.1) is 6.92 Å². The SMILES string of the molecule is Cc1cccc(OCc2coc3cc(N)ccc23)c1. The lowest BCUT2D eigenvalue weighted by Gasteiger charge is -2.05. The molecular formula is C16H15NO2. The molecule has 0 aliphatic heterocycles. The zero-order valence-electron chi connectivity index (χ0n) is 10.7. The molecule has 0 bridgehead atoms. The highest BCUT2D eigenvalue weighted by Gasteiger charge is 2.06. The topological polar surface area (TPSA) is 48.4 Å². The first kappa shape index (κ1) is 11.7. The van der Waals surface area contributed by atoms with E-state index in [1.165, 1.54) is 5.56 Å². The van der Waals surface area contributed by atoms with E-state index in [9.17, 15) is 0 Å². The summed E-state index contributed by atoms with van der Waals surface area (Å²) in [6.45, 7) is 2.53. The van der Waals surface area contributed by atoms with Crippen LogP contribution in [-0.4, -0.2) is 0 Å². The lowest BCUT2D eigenvalue weighted by atomic mass is 10.2. The maximum absolute atomic E-state index is 5.78. The molecule has 19 heavy (non-hydrogen) atoms. The molecule has 0 saturated heterocycles. The molecule has 96 valence electrons. The fourth-order valence-corrected chi connectivity index (χ4v) is 2.08. The third kappa shape index (κ3) is 2.40. The quantitative estimate of drug-likeness (QED) is 0.720. The van der Waals surface area contributed by atoms with E-state index in [1.807, 2.05) is 49.4 Å². The second-order valence-electron chi connectivity index (χ2n) is 4.62. The van der Waals surface area contributed by atoms with Gasteiger partial charge in [-0.1, -0.05) is 12.1 Å². The molecule has 0 aliphatic rings. The number of ether oxygens (including phenoxy) is 1. The minimum absolute atomic E-state index is 0.486. The van der Waals surface area contributed by atoms with E-state index in [0.29, 0.717) is 12.3 Å². The normalized spacial score (nSPS) is 10.8. The number of rotatable bonds is 3. The van der Waals surface area contributed by atoms with Crippen molar-refractivity contribution in [2.75, 3.05) is 5.73 Å². The molecule has 1 heterocycles. The first-order valence-corrected chi connectivity index (χ1v) is 6.17. The number of fused-ring (bicyclic) bond motifs is 1. The zero-order chi connectivity index (χ0) is 13.2. The van der Waals surface area contributed by atoms with Gasteiger partial charge < -0.3 is 14.9 Å². The van der Waals surface area contributed by atoms with Crippen molar-refractivity contribution in [2.24, 2.45) is 0 Å². The Morgan fingerprint density at radius 1 is 1.16 bits per heavy atom. The Balaban J connectivity index is 1.82. The highest BCUT2D eigenvalue weighted by atomic mass is 16.5. The van der Waals surface area contributed by atoms with Crippen LogP contribution in [0.25, 0.3) is 11.0 Å². The van der Waals surface area contributed by atoms with Crippen LogP contribution in [0.2, 0.25) is 0 Å².